The lowest BCUT2D eigenvalue weighted by atomic mass is 10.1. The van der Waals surface area contributed by atoms with Gasteiger partial charge in [0.05, 0.1) is 17.3 Å². The fourth-order valence-corrected chi connectivity index (χ4v) is 3.31. The molecule has 1 heterocycles. The van der Waals surface area contributed by atoms with Gasteiger partial charge in [-0.3, -0.25) is 0 Å². The fraction of sp³-hybridized carbons (Fsp3) is 0.412. The number of benzene rings is 1. The summed E-state index contributed by atoms with van der Waals surface area (Å²) in [6, 6.07) is 11.3. The molecule has 4 heteroatoms. The first kappa shape index (κ1) is 16.3. The highest BCUT2D eigenvalue weighted by atomic mass is 35.5. The Balaban J connectivity index is 2.28. The fourth-order valence-electron chi connectivity index (χ4n) is 2.31. The van der Waals surface area contributed by atoms with Crippen LogP contribution in [0.3, 0.4) is 0 Å². The summed E-state index contributed by atoms with van der Waals surface area (Å²) in [7, 11) is 1.96. The monoisotopic (exact) mass is 322 g/mol. The van der Waals surface area contributed by atoms with Crippen molar-refractivity contribution in [2.45, 2.75) is 39.4 Å². The van der Waals surface area contributed by atoms with E-state index >= 15 is 0 Å². The van der Waals surface area contributed by atoms with E-state index in [9.17, 15) is 0 Å². The normalized spacial score (nSPS) is 12.7. The molecule has 2 nitrogen and oxygen atoms in total. The minimum atomic E-state index is 0.307. The topological polar surface area (TPSA) is 15.3 Å². The van der Waals surface area contributed by atoms with E-state index in [0.29, 0.717) is 12.1 Å². The van der Waals surface area contributed by atoms with Gasteiger partial charge in [0.15, 0.2) is 0 Å². The van der Waals surface area contributed by atoms with Gasteiger partial charge in [0, 0.05) is 17.0 Å². The molecule has 0 aliphatic carbocycles. The summed E-state index contributed by atoms with van der Waals surface area (Å²) in [4.78, 5) is 3.70. The standard InChI is InChI=1S/C17H23ClN2S/c1-12(2)20(11-15-6-5-9-21-15)17-8-7-14(10-16(17)18)13(3)19-4/h5-10,12-13,19H,11H2,1-4H3. The number of anilines is 1. The molecule has 114 valence electrons. The number of thiophene rings is 1. The van der Waals surface area contributed by atoms with Gasteiger partial charge in [-0.15, -0.1) is 11.3 Å². The summed E-state index contributed by atoms with van der Waals surface area (Å²) in [5.74, 6) is 0. The van der Waals surface area contributed by atoms with Crippen molar-refractivity contribution >= 4 is 28.6 Å². The van der Waals surface area contributed by atoms with Crippen LogP contribution in [0.15, 0.2) is 35.7 Å². The Morgan fingerprint density at radius 2 is 2.00 bits per heavy atom. The van der Waals surface area contributed by atoms with Gasteiger partial charge in [0.25, 0.3) is 0 Å². The van der Waals surface area contributed by atoms with Crippen molar-refractivity contribution in [1.82, 2.24) is 5.32 Å². The van der Waals surface area contributed by atoms with Gasteiger partial charge in [-0.25, -0.2) is 0 Å². The van der Waals surface area contributed by atoms with Crippen LogP contribution in [0.2, 0.25) is 5.02 Å². The molecule has 1 atom stereocenters. The highest BCUT2D eigenvalue weighted by Crippen LogP contribution is 2.31. The number of hydrogen-bond acceptors (Lipinski definition) is 3. The molecule has 2 rings (SSSR count). The Morgan fingerprint density at radius 3 is 2.52 bits per heavy atom. The second-order valence-corrected chi connectivity index (χ2v) is 6.96. The van der Waals surface area contributed by atoms with Gasteiger partial charge in [-0.1, -0.05) is 23.7 Å². The summed E-state index contributed by atoms with van der Waals surface area (Å²) in [6.07, 6.45) is 0. The minimum Gasteiger partial charge on any atom is -0.363 e. The summed E-state index contributed by atoms with van der Waals surface area (Å²) >= 11 is 8.33. The van der Waals surface area contributed by atoms with E-state index in [1.807, 2.05) is 7.05 Å². The quantitative estimate of drug-likeness (QED) is 0.796. The van der Waals surface area contributed by atoms with E-state index < -0.39 is 0 Å². The van der Waals surface area contributed by atoms with Crippen molar-refractivity contribution in [3.05, 3.63) is 51.2 Å². The molecule has 0 aliphatic heterocycles. The van der Waals surface area contributed by atoms with Gasteiger partial charge >= 0.3 is 0 Å². The van der Waals surface area contributed by atoms with Crippen LogP contribution in [0.25, 0.3) is 0 Å². The zero-order valence-corrected chi connectivity index (χ0v) is 14.6. The lowest BCUT2D eigenvalue weighted by Gasteiger charge is -2.30. The van der Waals surface area contributed by atoms with Gasteiger partial charge in [-0.05, 0) is 57.0 Å². The molecule has 1 unspecified atom stereocenters. The molecular weight excluding hydrogens is 300 g/mol. The third-order valence-electron chi connectivity index (χ3n) is 3.74. The van der Waals surface area contributed by atoms with Crippen LogP contribution < -0.4 is 10.2 Å². The highest BCUT2D eigenvalue weighted by Gasteiger charge is 2.16. The van der Waals surface area contributed by atoms with E-state index in [2.05, 4.69) is 66.7 Å². The number of rotatable bonds is 6. The van der Waals surface area contributed by atoms with E-state index in [-0.39, 0.29) is 0 Å². The predicted molar refractivity (Wildman–Crippen MR) is 94.6 cm³/mol. The average molecular weight is 323 g/mol. The van der Waals surface area contributed by atoms with Gasteiger partial charge in [-0.2, -0.15) is 0 Å². The third kappa shape index (κ3) is 4.00. The molecule has 0 radical (unpaired) electrons. The SMILES string of the molecule is CNC(C)c1ccc(N(Cc2cccs2)C(C)C)c(Cl)c1. The molecule has 1 aromatic carbocycles. The van der Waals surface area contributed by atoms with Crippen molar-refractivity contribution in [2.75, 3.05) is 11.9 Å². The Hall–Kier alpha value is -1.03. The largest absolute Gasteiger partial charge is 0.363 e. The Bertz CT molecular complexity index is 566. The molecule has 1 N–H and O–H groups in total. The predicted octanol–water partition coefficient (Wildman–Crippen LogP) is 5.10. The maximum absolute atomic E-state index is 6.54. The van der Waals surface area contributed by atoms with Crippen LogP contribution >= 0.6 is 22.9 Å². The number of hydrogen-bond donors (Lipinski definition) is 1. The second kappa shape index (κ2) is 7.30. The number of nitrogens with one attached hydrogen (secondary N) is 1. The Morgan fingerprint density at radius 1 is 1.24 bits per heavy atom. The maximum Gasteiger partial charge on any atom is 0.0643 e. The van der Waals surface area contributed by atoms with Crippen molar-refractivity contribution in [3.8, 4) is 0 Å². The van der Waals surface area contributed by atoms with E-state index in [1.165, 1.54) is 10.4 Å². The molecule has 0 bridgehead atoms. The molecule has 0 fully saturated rings. The third-order valence-corrected chi connectivity index (χ3v) is 4.91. The lowest BCUT2D eigenvalue weighted by Crippen LogP contribution is -2.30. The van der Waals surface area contributed by atoms with E-state index in [1.54, 1.807) is 11.3 Å². The molecule has 0 aliphatic rings. The summed E-state index contributed by atoms with van der Waals surface area (Å²) in [5, 5.41) is 6.18. The maximum atomic E-state index is 6.54. The van der Waals surface area contributed by atoms with Crippen molar-refractivity contribution in [3.63, 3.8) is 0 Å². The molecular formula is C17H23ClN2S. The van der Waals surface area contributed by atoms with Crippen LogP contribution in [0.5, 0.6) is 0 Å². The summed E-state index contributed by atoms with van der Waals surface area (Å²) in [5.41, 5.74) is 2.32. The zero-order chi connectivity index (χ0) is 15.4. The van der Waals surface area contributed by atoms with Crippen LogP contribution in [-0.2, 0) is 6.54 Å². The minimum absolute atomic E-state index is 0.307. The van der Waals surface area contributed by atoms with Crippen LogP contribution in [0, 0.1) is 0 Å². The smallest absolute Gasteiger partial charge is 0.0643 e. The molecule has 1 aromatic heterocycles. The average Bonchev–Trinajstić information content (AvgIpc) is 2.97. The molecule has 21 heavy (non-hydrogen) atoms. The lowest BCUT2D eigenvalue weighted by molar-refractivity contribution is 0.651. The molecule has 0 saturated heterocycles. The Labute approximate surface area is 136 Å². The van der Waals surface area contributed by atoms with Crippen LogP contribution in [0.1, 0.15) is 37.3 Å². The van der Waals surface area contributed by atoms with Crippen molar-refractivity contribution < 1.29 is 0 Å². The van der Waals surface area contributed by atoms with Gasteiger partial charge in [0.1, 0.15) is 0 Å². The molecule has 0 spiro atoms. The second-order valence-electron chi connectivity index (χ2n) is 5.52. The Kier molecular flexibility index (Phi) is 5.68. The first-order valence-corrected chi connectivity index (χ1v) is 8.54. The van der Waals surface area contributed by atoms with E-state index in [0.717, 1.165) is 17.3 Å². The summed E-state index contributed by atoms with van der Waals surface area (Å²) in [6.45, 7) is 7.44. The van der Waals surface area contributed by atoms with Crippen molar-refractivity contribution in [1.29, 1.82) is 0 Å². The zero-order valence-electron chi connectivity index (χ0n) is 13.1. The highest BCUT2D eigenvalue weighted by molar-refractivity contribution is 7.09. The van der Waals surface area contributed by atoms with Crippen LogP contribution in [-0.4, -0.2) is 13.1 Å². The van der Waals surface area contributed by atoms with Crippen molar-refractivity contribution in [2.24, 2.45) is 0 Å². The first-order chi connectivity index (χ1) is 10.0. The number of nitrogens with zero attached hydrogens (tertiary/aromatic N) is 1. The van der Waals surface area contributed by atoms with Crippen LogP contribution in [0.4, 0.5) is 5.69 Å². The van der Waals surface area contributed by atoms with E-state index in [4.69, 9.17) is 11.6 Å². The molecule has 0 amide bonds. The molecule has 2 aromatic rings. The first-order valence-electron chi connectivity index (χ1n) is 7.28. The van der Waals surface area contributed by atoms with Gasteiger partial charge in [0.2, 0.25) is 0 Å². The number of halogens is 1. The molecule has 0 saturated carbocycles. The summed E-state index contributed by atoms with van der Waals surface area (Å²) < 4.78 is 0. The van der Waals surface area contributed by atoms with Gasteiger partial charge < -0.3 is 10.2 Å².